The molecule has 1 unspecified atom stereocenters. The van der Waals surface area contributed by atoms with Gasteiger partial charge in [0.25, 0.3) is 0 Å². The Morgan fingerprint density at radius 1 is 1.00 bits per heavy atom. The van der Waals surface area contributed by atoms with Crippen molar-refractivity contribution < 1.29 is 0 Å². The van der Waals surface area contributed by atoms with Crippen molar-refractivity contribution in [2.24, 2.45) is 0 Å². The highest BCUT2D eigenvalue weighted by atomic mass is 31.0. The summed E-state index contributed by atoms with van der Waals surface area (Å²) in [5.41, 5.74) is 1.18. The van der Waals surface area contributed by atoms with Crippen molar-refractivity contribution >= 4 is 29.6 Å². The van der Waals surface area contributed by atoms with Crippen molar-refractivity contribution in [2.75, 3.05) is 0 Å². The number of fused-ring (bicyclic) bond motifs is 3. The molecule has 0 amide bonds. The summed E-state index contributed by atoms with van der Waals surface area (Å²) in [4.78, 5) is 4.41. The first-order chi connectivity index (χ1) is 6.45. The predicted octanol–water partition coefficient (Wildman–Crippen LogP) is 3.42. The van der Waals surface area contributed by atoms with Crippen molar-refractivity contribution in [1.29, 1.82) is 0 Å². The first kappa shape index (κ1) is 7.11. The van der Waals surface area contributed by atoms with Gasteiger partial charge >= 0.3 is 0 Å². The highest BCUT2D eigenvalue weighted by Crippen LogP contribution is 2.28. The third kappa shape index (κ3) is 0.976. The molecule has 0 aliphatic rings. The zero-order chi connectivity index (χ0) is 8.67. The second kappa shape index (κ2) is 2.58. The Hall–Kier alpha value is -1.33. The summed E-state index contributed by atoms with van der Waals surface area (Å²) < 4.78 is 0. The lowest BCUT2D eigenvalue weighted by Gasteiger charge is -1.96. The molecule has 3 aromatic rings. The van der Waals surface area contributed by atoms with Crippen LogP contribution in [0.3, 0.4) is 0 Å². The molecule has 0 spiro atoms. The van der Waals surface area contributed by atoms with Crippen LogP contribution in [0, 0.1) is 0 Å². The fourth-order valence-corrected chi connectivity index (χ4v) is 2.53. The molecule has 0 aliphatic heterocycles. The van der Waals surface area contributed by atoms with Crippen LogP contribution in [0.2, 0.25) is 0 Å². The quantitative estimate of drug-likeness (QED) is 0.523. The molecule has 13 heavy (non-hydrogen) atoms. The van der Waals surface area contributed by atoms with Gasteiger partial charge in [0.05, 0.1) is 5.52 Å². The molecule has 0 radical (unpaired) electrons. The minimum Gasteiger partial charge on any atom is -0.251 e. The van der Waals surface area contributed by atoms with E-state index < -0.39 is 0 Å². The molecule has 1 atom stereocenters. The second-order valence-electron chi connectivity index (χ2n) is 3.09. The monoisotopic (exact) mass is 185 g/mol. The Kier molecular flexibility index (Phi) is 1.41. The van der Waals surface area contributed by atoms with Gasteiger partial charge in [0.15, 0.2) is 0 Å². The highest BCUT2D eigenvalue weighted by molar-refractivity contribution is 7.36. The van der Waals surface area contributed by atoms with Crippen LogP contribution in [-0.4, -0.2) is 4.98 Å². The van der Waals surface area contributed by atoms with E-state index in [4.69, 9.17) is 0 Å². The second-order valence-corrected chi connectivity index (χ2v) is 4.17. The number of hydrogen-bond acceptors (Lipinski definition) is 1. The van der Waals surface area contributed by atoms with Crippen LogP contribution in [0.4, 0.5) is 0 Å². The first-order valence-electron chi connectivity index (χ1n) is 4.26. The first-order valence-corrected chi connectivity index (χ1v) is 5.34. The maximum Gasteiger partial charge on any atom is 0.0821 e. The van der Waals surface area contributed by atoms with Gasteiger partial charge in [-0.2, -0.15) is 0 Å². The zero-order valence-corrected chi connectivity index (χ0v) is 7.99. The Labute approximate surface area is 77.5 Å². The van der Waals surface area contributed by atoms with Gasteiger partial charge in [-0.25, -0.2) is 0 Å². The lowest BCUT2D eigenvalue weighted by molar-refractivity contribution is 1.52. The lowest BCUT2D eigenvalue weighted by atomic mass is 10.1. The fourth-order valence-electron chi connectivity index (χ4n) is 1.68. The van der Waals surface area contributed by atoms with Gasteiger partial charge in [-0.3, -0.25) is 4.98 Å². The Morgan fingerprint density at radius 2 is 1.92 bits per heavy atom. The van der Waals surface area contributed by atoms with Gasteiger partial charge in [-0.1, -0.05) is 30.3 Å². The lowest BCUT2D eigenvalue weighted by Crippen LogP contribution is -1.73. The molecule has 0 N–H and O–H groups in total. The molecule has 0 bridgehead atoms. The molecule has 0 saturated heterocycles. The average Bonchev–Trinajstić information content (AvgIpc) is 2.65. The van der Waals surface area contributed by atoms with Crippen LogP contribution in [0.5, 0.6) is 0 Å². The summed E-state index contributed by atoms with van der Waals surface area (Å²) >= 11 is 0. The maximum atomic E-state index is 4.41. The van der Waals surface area contributed by atoms with E-state index in [0.29, 0.717) is 0 Å². The van der Waals surface area contributed by atoms with E-state index in [1.165, 1.54) is 21.4 Å². The minimum absolute atomic E-state index is 0.751. The molecule has 1 nitrogen and oxygen atoms in total. The normalized spacial score (nSPS) is 11.7. The molecular formula is C11H8NP. The van der Waals surface area contributed by atoms with Gasteiger partial charge < -0.3 is 0 Å². The van der Waals surface area contributed by atoms with E-state index in [9.17, 15) is 0 Å². The van der Waals surface area contributed by atoms with Crippen molar-refractivity contribution in [3.63, 3.8) is 0 Å². The third-order valence-corrected chi connectivity index (χ3v) is 3.29. The Balaban J connectivity index is 2.65. The molecule has 1 aromatic heterocycles. The summed E-state index contributed by atoms with van der Waals surface area (Å²) in [7, 11) is 0.751. The van der Waals surface area contributed by atoms with E-state index in [0.717, 1.165) is 8.19 Å². The predicted molar refractivity (Wildman–Crippen MR) is 58.8 cm³/mol. The molecule has 3 rings (SSSR count). The summed E-state index contributed by atoms with van der Waals surface area (Å²) in [6.07, 6.45) is 0. The van der Waals surface area contributed by atoms with Crippen LogP contribution in [-0.2, 0) is 0 Å². The third-order valence-electron chi connectivity index (χ3n) is 2.31. The summed E-state index contributed by atoms with van der Waals surface area (Å²) in [6, 6.07) is 12.8. The van der Waals surface area contributed by atoms with Gasteiger partial charge in [0, 0.05) is 16.4 Å². The molecular weight excluding hydrogens is 177 g/mol. The molecule has 0 saturated carbocycles. The Morgan fingerprint density at radius 3 is 2.92 bits per heavy atom. The summed E-state index contributed by atoms with van der Waals surface area (Å²) in [5.74, 6) is 2.01. The molecule has 0 aliphatic carbocycles. The van der Waals surface area contributed by atoms with Crippen LogP contribution in [0.15, 0.2) is 42.3 Å². The molecule has 1 heterocycles. The number of rotatable bonds is 0. The number of nitrogens with zero attached hydrogens (tertiary/aromatic N) is 1. The smallest absolute Gasteiger partial charge is 0.0821 e. The van der Waals surface area contributed by atoms with E-state index in [1.54, 1.807) is 0 Å². The zero-order valence-electron chi connectivity index (χ0n) is 6.99. The van der Waals surface area contributed by atoms with Crippen LogP contribution in [0.25, 0.3) is 21.4 Å². The fraction of sp³-hybridized carbons (Fsp3) is 0. The number of benzene rings is 2. The minimum atomic E-state index is 0.751. The van der Waals surface area contributed by atoms with Gasteiger partial charge in [0.1, 0.15) is 0 Å². The van der Waals surface area contributed by atoms with Crippen molar-refractivity contribution in [1.82, 2.24) is 4.98 Å². The van der Waals surface area contributed by atoms with E-state index in [-0.39, 0.29) is 0 Å². The van der Waals surface area contributed by atoms with Crippen molar-refractivity contribution in [2.45, 2.75) is 0 Å². The summed E-state index contributed by atoms with van der Waals surface area (Å²) in [6.45, 7) is 0. The van der Waals surface area contributed by atoms with Gasteiger partial charge in [-0.15, -0.1) is 8.19 Å². The largest absolute Gasteiger partial charge is 0.251 e. The van der Waals surface area contributed by atoms with Gasteiger partial charge in [-0.05, 0) is 11.5 Å². The van der Waals surface area contributed by atoms with Crippen LogP contribution >= 0.6 is 8.19 Å². The SMILES string of the molecule is c1ccc2c(c1)ccc1[pH]cnc12. The maximum absolute atomic E-state index is 4.41. The van der Waals surface area contributed by atoms with E-state index in [2.05, 4.69) is 41.4 Å². The molecule has 0 fully saturated rings. The number of aromatic nitrogens is 1. The van der Waals surface area contributed by atoms with Crippen molar-refractivity contribution in [3.8, 4) is 0 Å². The van der Waals surface area contributed by atoms with Gasteiger partial charge in [0.2, 0.25) is 0 Å². The number of hydrogen-bond donors (Lipinski definition) is 0. The summed E-state index contributed by atoms with van der Waals surface area (Å²) in [5, 5.41) is 3.94. The highest BCUT2D eigenvalue weighted by Gasteiger charge is 1.99. The van der Waals surface area contributed by atoms with Crippen molar-refractivity contribution in [3.05, 3.63) is 42.3 Å². The van der Waals surface area contributed by atoms with Crippen LogP contribution in [0.1, 0.15) is 0 Å². The van der Waals surface area contributed by atoms with E-state index >= 15 is 0 Å². The molecule has 62 valence electrons. The topological polar surface area (TPSA) is 12.9 Å². The molecule has 2 aromatic carbocycles. The molecule has 2 heteroatoms. The Bertz CT molecular complexity index is 568. The standard InChI is InChI=1S/C11H8NP/c1-2-4-9-8(3-1)5-6-10-11(9)12-7-13-10/h1-7,13H. The van der Waals surface area contributed by atoms with E-state index in [1.807, 2.05) is 5.93 Å². The average molecular weight is 185 g/mol. The van der Waals surface area contributed by atoms with Crippen LogP contribution < -0.4 is 0 Å².